The smallest absolute Gasteiger partial charge is 0.123 e. The lowest BCUT2D eigenvalue weighted by molar-refractivity contribution is -0.110. The van der Waals surface area contributed by atoms with Gasteiger partial charge in [0, 0.05) is 12.0 Å². The molecule has 1 rings (SSSR count). The summed E-state index contributed by atoms with van der Waals surface area (Å²) in [7, 11) is 1.96. The van der Waals surface area contributed by atoms with Gasteiger partial charge in [-0.3, -0.25) is 0 Å². The van der Waals surface area contributed by atoms with Gasteiger partial charge < -0.3 is 10.1 Å². The lowest BCUT2D eigenvalue weighted by Crippen LogP contribution is -2.21. The van der Waals surface area contributed by atoms with E-state index in [1.165, 1.54) is 6.42 Å². The number of rotatable bonds is 2. The molecule has 1 N–H and O–H groups in total. The van der Waals surface area contributed by atoms with Gasteiger partial charge in [-0.2, -0.15) is 0 Å². The maximum absolute atomic E-state index is 10.2. The van der Waals surface area contributed by atoms with Crippen LogP contribution in [-0.2, 0) is 4.79 Å². The van der Waals surface area contributed by atoms with Crippen molar-refractivity contribution in [3.63, 3.8) is 0 Å². The van der Waals surface area contributed by atoms with Crippen LogP contribution in [0, 0.1) is 5.92 Å². The monoisotopic (exact) mass is 127 g/mol. The Morgan fingerprint density at radius 3 is 2.67 bits per heavy atom. The van der Waals surface area contributed by atoms with Crippen molar-refractivity contribution in [2.45, 2.75) is 25.3 Å². The van der Waals surface area contributed by atoms with Crippen LogP contribution in [0.25, 0.3) is 0 Å². The van der Waals surface area contributed by atoms with Gasteiger partial charge in [0.05, 0.1) is 0 Å². The van der Waals surface area contributed by atoms with Crippen molar-refractivity contribution in [2.24, 2.45) is 5.92 Å². The Balaban J connectivity index is 2.28. The van der Waals surface area contributed by atoms with Gasteiger partial charge in [0.15, 0.2) is 0 Å². The first-order valence-corrected chi connectivity index (χ1v) is 3.49. The molecule has 9 heavy (non-hydrogen) atoms. The molecule has 0 aromatic carbocycles. The number of aldehydes is 1. The van der Waals surface area contributed by atoms with Crippen molar-refractivity contribution in [2.75, 3.05) is 7.05 Å². The fourth-order valence-electron chi connectivity index (χ4n) is 1.40. The minimum absolute atomic E-state index is 0.336. The molecule has 1 aliphatic rings. The van der Waals surface area contributed by atoms with Crippen molar-refractivity contribution >= 4 is 6.29 Å². The molecule has 0 spiro atoms. The second-order valence-electron chi connectivity index (χ2n) is 2.69. The Morgan fingerprint density at radius 2 is 2.33 bits per heavy atom. The van der Waals surface area contributed by atoms with E-state index < -0.39 is 0 Å². The van der Waals surface area contributed by atoms with E-state index in [1.54, 1.807) is 0 Å². The first-order chi connectivity index (χ1) is 4.36. The molecule has 0 saturated heterocycles. The van der Waals surface area contributed by atoms with E-state index in [-0.39, 0.29) is 0 Å². The van der Waals surface area contributed by atoms with Crippen LogP contribution in [0.15, 0.2) is 0 Å². The molecule has 2 atom stereocenters. The molecule has 2 nitrogen and oxygen atoms in total. The van der Waals surface area contributed by atoms with Gasteiger partial charge in [-0.05, 0) is 26.3 Å². The molecule has 0 amide bonds. The quantitative estimate of drug-likeness (QED) is 0.549. The van der Waals surface area contributed by atoms with E-state index in [0.717, 1.165) is 19.1 Å². The average molecular weight is 127 g/mol. The Kier molecular flexibility index (Phi) is 2.22. The van der Waals surface area contributed by atoms with Gasteiger partial charge in [0.2, 0.25) is 0 Å². The third-order valence-electron chi connectivity index (χ3n) is 2.07. The maximum atomic E-state index is 10.2. The van der Waals surface area contributed by atoms with E-state index in [9.17, 15) is 4.79 Å². The summed E-state index contributed by atoms with van der Waals surface area (Å²) in [5.41, 5.74) is 0. The summed E-state index contributed by atoms with van der Waals surface area (Å²) in [5, 5.41) is 3.17. The highest BCUT2D eigenvalue weighted by Gasteiger charge is 2.21. The van der Waals surface area contributed by atoms with Crippen LogP contribution >= 0.6 is 0 Å². The molecule has 0 aliphatic heterocycles. The Morgan fingerprint density at radius 1 is 1.56 bits per heavy atom. The van der Waals surface area contributed by atoms with Crippen molar-refractivity contribution < 1.29 is 4.79 Å². The van der Waals surface area contributed by atoms with Crippen molar-refractivity contribution in [3.8, 4) is 0 Å². The summed E-state index contributed by atoms with van der Waals surface area (Å²) in [6.07, 6.45) is 4.37. The maximum Gasteiger partial charge on any atom is 0.123 e. The van der Waals surface area contributed by atoms with E-state index in [1.807, 2.05) is 7.05 Å². The highest BCUT2D eigenvalue weighted by Crippen LogP contribution is 2.22. The van der Waals surface area contributed by atoms with Gasteiger partial charge in [0.1, 0.15) is 6.29 Å². The molecular formula is C7H13NO. The normalized spacial score (nSPS) is 34.8. The van der Waals surface area contributed by atoms with Crippen molar-refractivity contribution in [1.29, 1.82) is 0 Å². The number of nitrogens with one attached hydrogen (secondary N) is 1. The van der Waals surface area contributed by atoms with Crippen molar-refractivity contribution in [3.05, 3.63) is 0 Å². The van der Waals surface area contributed by atoms with Crippen LogP contribution in [0.1, 0.15) is 19.3 Å². The highest BCUT2D eigenvalue weighted by molar-refractivity contribution is 5.54. The third kappa shape index (κ3) is 1.52. The SMILES string of the molecule is CNC1CCC(C=O)C1. The zero-order valence-electron chi connectivity index (χ0n) is 5.76. The molecule has 2 heteroatoms. The fourth-order valence-corrected chi connectivity index (χ4v) is 1.40. The Hall–Kier alpha value is -0.370. The fraction of sp³-hybridized carbons (Fsp3) is 0.857. The summed E-state index contributed by atoms with van der Waals surface area (Å²) in [6.45, 7) is 0. The standard InChI is InChI=1S/C7H13NO/c1-8-7-3-2-6(4-7)5-9/h5-8H,2-4H2,1H3. The zero-order chi connectivity index (χ0) is 6.69. The van der Waals surface area contributed by atoms with Gasteiger partial charge in [0.25, 0.3) is 0 Å². The van der Waals surface area contributed by atoms with Crippen LogP contribution in [0.4, 0.5) is 0 Å². The van der Waals surface area contributed by atoms with Crippen LogP contribution < -0.4 is 5.32 Å². The van der Waals surface area contributed by atoms with E-state index in [4.69, 9.17) is 0 Å². The van der Waals surface area contributed by atoms with Crippen LogP contribution in [0.5, 0.6) is 0 Å². The molecule has 2 unspecified atom stereocenters. The zero-order valence-corrected chi connectivity index (χ0v) is 5.76. The van der Waals surface area contributed by atoms with Gasteiger partial charge in [-0.15, -0.1) is 0 Å². The second-order valence-corrected chi connectivity index (χ2v) is 2.69. The third-order valence-corrected chi connectivity index (χ3v) is 2.07. The largest absolute Gasteiger partial charge is 0.317 e. The second kappa shape index (κ2) is 2.97. The number of carbonyl (C=O) groups excluding carboxylic acids is 1. The molecule has 0 bridgehead atoms. The first-order valence-electron chi connectivity index (χ1n) is 3.49. The molecule has 0 aromatic heterocycles. The summed E-state index contributed by atoms with van der Waals surface area (Å²) in [6, 6.07) is 0.597. The topological polar surface area (TPSA) is 29.1 Å². The van der Waals surface area contributed by atoms with E-state index in [2.05, 4.69) is 5.32 Å². The minimum Gasteiger partial charge on any atom is -0.317 e. The van der Waals surface area contributed by atoms with E-state index in [0.29, 0.717) is 12.0 Å². The van der Waals surface area contributed by atoms with Gasteiger partial charge in [-0.25, -0.2) is 0 Å². The minimum atomic E-state index is 0.336. The summed E-state index contributed by atoms with van der Waals surface area (Å²) in [4.78, 5) is 10.2. The molecule has 1 fully saturated rings. The van der Waals surface area contributed by atoms with Crippen LogP contribution in [-0.4, -0.2) is 19.4 Å². The molecule has 0 radical (unpaired) electrons. The van der Waals surface area contributed by atoms with Crippen LogP contribution in [0.3, 0.4) is 0 Å². The van der Waals surface area contributed by atoms with Gasteiger partial charge >= 0.3 is 0 Å². The molecule has 1 aliphatic carbocycles. The summed E-state index contributed by atoms with van der Waals surface area (Å²) >= 11 is 0. The lowest BCUT2D eigenvalue weighted by Gasteiger charge is -2.04. The summed E-state index contributed by atoms with van der Waals surface area (Å²) in [5.74, 6) is 0.336. The highest BCUT2D eigenvalue weighted by atomic mass is 16.1. The Labute approximate surface area is 55.6 Å². The molecule has 52 valence electrons. The lowest BCUT2D eigenvalue weighted by atomic mass is 10.1. The average Bonchev–Trinajstić information content (AvgIpc) is 2.34. The summed E-state index contributed by atoms with van der Waals surface area (Å²) < 4.78 is 0. The van der Waals surface area contributed by atoms with Gasteiger partial charge in [-0.1, -0.05) is 0 Å². The molecule has 0 aromatic rings. The predicted octanol–water partition coefficient (Wildman–Crippen LogP) is 0.573. The predicted molar refractivity (Wildman–Crippen MR) is 36.3 cm³/mol. The molecular weight excluding hydrogens is 114 g/mol. The number of hydrogen-bond donors (Lipinski definition) is 1. The molecule has 0 heterocycles. The number of carbonyl (C=O) groups is 1. The van der Waals surface area contributed by atoms with Crippen molar-refractivity contribution in [1.82, 2.24) is 5.32 Å². The number of hydrogen-bond acceptors (Lipinski definition) is 2. The Bertz CT molecular complexity index is 103. The van der Waals surface area contributed by atoms with E-state index >= 15 is 0 Å². The van der Waals surface area contributed by atoms with Crippen LogP contribution in [0.2, 0.25) is 0 Å². The molecule has 1 saturated carbocycles. The first kappa shape index (κ1) is 6.75.